The summed E-state index contributed by atoms with van der Waals surface area (Å²) in [5.41, 5.74) is 2.39. The Labute approximate surface area is 122 Å². The zero-order valence-electron chi connectivity index (χ0n) is 12.1. The van der Waals surface area contributed by atoms with E-state index in [2.05, 4.69) is 4.98 Å². The molecule has 0 saturated heterocycles. The molecular weight excluding hydrogens is 294 g/mol. The fourth-order valence-corrected chi connectivity index (χ4v) is 3.88. The summed E-state index contributed by atoms with van der Waals surface area (Å²) in [6.07, 6.45) is 0.948. The lowest BCUT2D eigenvalue weighted by atomic mass is 10.1. The molecule has 0 amide bonds. The minimum atomic E-state index is -4.06. The Morgan fingerprint density at radius 2 is 1.76 bits per heavy atom. The van der Waals surface area contributed by atoms with E-state index in [1.165, 1.54) is 13.0 Å². The number of nitrogens with zero attached hydrogens (tertiary/aromatic N) is 3. The van der Waals surface area contributed by atoms with E-state index >= 15 is 0 Å². The summed E-state index contributed by atoms with van der Waals surface area (Å²) in [4.78, 5) is 14.0. The highest BCUT2D eigenvalue weighted by Gasteiger charge is 2.33. The summed E-state index contributed by atoms with van der Waals surface area (Å²) in [6, 6.07) is 3.16. The fraction of sp³-hybridized carbons (Fsp3) is 0.308. The Balaban J connectivity index is 2.78. The number of imidazole rings is 1. The second-order valence-electron chi connectivity index (χ2n) is 4.82. The SMILES string of the molecule is Cc1ccc(S(=O)(=O)n2c([N+](=O)[O-])cnc2C)c(C)c1C. The molecule has 0 bridgehead atoms. The molecule has 1 aromatic heterocycles. The maximum absolute atomic E-state index is 12.7. The van der Waals surface area contributed by atoms with Crippen LogP contribution < -0.4 is 0 Å². The van der Waals surface area contributed by atoms with Crippen LogP contribution in [0.5, 0.6) is 0 Å². The third kappa shape index (κ3) is 2.31. The van der Waals surface area contributed by atoms with Crippen molar-refractivity contribution < 1.29 is 13.3 Å². The smallest absolute Gasteiger partial charge is 0.358 e. The summed E-state index contributed by atoms with van der Waals surface area (Å²) in [6.45, 7) is 6.80. The number of hydrogen-bond donors (Lipinski definition) is 0. The Morgan fingerprint density at radius 3 is 2.33 bits per heavy atom. The van der Waals surface area contributed by atoms with E-state index < -0.39 is 20.8 Å². The van der Waals surface area contributed by atoms with Crippen LogP contribution in [0.15, 0.2) is 23.2 Å². The summed E-state index contributed by atoms with van der Waals surface area (Å²) in [5.74, 6) is -0.510. The largest absolute Gasteiger partial charge is 0.358 e. The lowest BCUT2D eigenvalue weighted by molar-refractivity contribution is -0.390. The van der Waals surface area contributed by atoms with Crippen LogP contribution in [-0.4, -0.2) is 22.3 Å². The topological polar surface area (TPSA) is 95.1 Å². The van der Waals surface area contributed by atoms with Gasteiger partial charge in [-0.3, -0.25) is 0 Å². The van der Waals surface area contributed by atoms with Crippen molar-refractivity contribution in [1.29, 1.82) is 0 Å². The Bertz CT molecular complexity index is 837. The van der Waals surface area contributed by atoms with Gasteiger partial charge in [-0.05, 0) is 48.5 Å². The van der Waals surface area contributed by atoms with Crippen LogP contribution in [0.25, 0.3) is 0 Å². The van der Waals surface area contributed by atoms with Gasteiger partial charge in [0, 0.05) is 6.92 Å². The monoisotopic (exact) mass is 309 g/mol. The van der Waals surface area contributed by atoms with E-state index in [1.807, 2.05) is 13.8 Å². The van der Waals surface area contributed by atoms with Crippen molar-refractivity contribution >= 4 is 15.8 Å². The molecule has 0 radical (unpaired) electrons. The van der Waals surface area contributed by atoms with E-state index in [0.717, 1.165) is 17.3 Å². The standard InChI is InChI=1S/C13H15N3O4S/c1-8-5-6-12(10(3)9(8)2)21(19,20)15-11(4)14-7-13(15)16(17)18/h5-7H,1-4H3. The number of nitro groups is 1. The number of hydrogen-bond acceptors (Lipinski definition) is 5. The van der Waals surface area contributed by atoms with Gasteiger partial charge in [-0.2, -0.15) is 8.42 Å². The highest BCUT2D eigenvalue weighted by atomic mass is 32.2. The first-order valence-electron chi connectivity index (χ1n) is 6.19. The Kier molecular flexibility index (Phi) is 3.58. The number of aromatic nitrogens is 2. The van der Waals surface area contributed by atoms with Crippen molar-refractivity contribution in [2.75, 3.05) is 0 Å². The normalized spacial score (nSPS) is 11.6. The average molecular weight is 309 g/mol. The van der Waals surface area contributed by atoms with Crippen molar-refractivity contribution in [2.45, 2.75) is 32.6 Å². The predicted octanol–water partition coefficient (Wildman–Crippen LogP) is 2.26. The molecule has 2 rings (SSSR count). The maximum Gasteiger partial charge on any atom is 0.358 e. The molecule has 0 saturated carbocycles. The molecule has 1 heterocycles. The van der Waals surface area contributed by atoms with E-state index in [-0.39, 0.29) is 10.7 Å². The molecule has 0 aliphatic rings. The van der Waals surface area contributed by atoms with Gasteiger partial charge >= 0.3 is 15.8 Å². The Morgan fingerprint density at radius 1 is 1.14 bits per heavy atom. The quantitative estimate of drug-likeness (QED) is 0.640. The molecule has 0 aliphatic carbocycles. The first kappa shape index (κ1) is 15.2. The van der Waals surface area contributed by atoms with Crippen molar-refractivity contribution in [3.05, 3.63) is 51.0 Å². The van der Waals surface area contributed by atoms with Gasteiger partial charge in [-0.1, -0.05) is 10.0 Å². The molecule has 0 atom stereocenters. The third-order valence-electron chi connectivity index (χ3n) is 3.58. The van der Waals surface area contributed by atoms with Gasteiger partial charge in [0.2, 0.25) is 5.82 Å². The third-order valence-corrected chi connectivity index (χ3v) is 5.51. The predicted molar refractivity (Wildman–Crippen MR) is 76.9 cm³/mol. The van der Waals surface area contributed by atoms with Crippen LogP contribution in [0.2, 0.25) is 0 Å². The van der Waals surface area contributed by atoms with Gasteiger partial charge in [0.05, 0.1) is 0 Å². The minimum Gasteiger partial charge on any atom is -0.358 e. The van der Waals surface area contributed by atoms with Crippen LogP contribution >= 0.6 is 0 Å². The van der Waals surface area contributed by atoms with E-state index in [0.29, 0.717) is 9.54 Å². The highest BCUT2D eigenvalue weighted by Crippen LogP contribution is 2.27. The molecule has 1 aromatic carbocycles. The molecular formula is C13H15N3O4S. The molecule has 0 spiro atoms. The maximum atomic E-state index is 12.7. The number of rotatable bonds is 3. The molecule has 8 heteroatoms. The second kappa shape index (κ2) is 4.96. The highest BCUT2D eigenvalue weighted by molar-refractivity contribution is 7.90. The van der Waals surface area contributed by atoms with Gasteiger partial charge in [0.1, 0.15) is 11.1 Å². The van der Waals surface area contributed by atoms with Crippen molar-refractivity contribution in [1.82, 2.24) is 8.96 Å². The van der Waals surface area contributed by atoms with Gasteiger partial charge in [0.15, 0.2) is 0 Å². The lowest BCUT2D eigenvalue weighted by Gasteiger charge is -2.11. The number of benzene rings is 1. The first-order chi connectivity index (χ1) is 9.67. The molecule has 0 aliphatic heterocycles. The molecule has 7 nitrogen and oxygen atoms in total. The van der Waals surface area contributed by atoms with Crippen molar-refractivity contribution in [3.63, 3.8) is 0 Å². The fourth-order valence-electron chi connectivity index (χ4n) is 2.15. The van der Waals surface area contributed by atoms with Crippen LogP contribution in [0.4, 0.5) is 5.82 Å². The van der Waals surface area contributed by atoms with Crippen LogP contribution in [0.3, 0.4) is 0 Å². The first-order valence-corrected chi connectivity index (χ1v) is 7.63. The van der Waals surface area contributed by atoms with Gasteiger partial charge in [0.25, 0.3) is 0 Å². The summed E-state index contributed by atoms with van der Waals surface area (Å²) >= 11 is 0. The number of aryl methyl sites for hydroxylation is 2. The summed E-state index contributed by atoms with van der Waals surface area (Å²) in [5, 5.41) is 11.0. The zero-order chi connectivity index (χ0) is 15.9. The summed E-state index contributed by atoms with van der Waals surface area (Å²) < 4.78 is 26.2. The van der Waals surface area contributed by atoms with Gasteiger partial charge < -0.3 is 10.1 Å². The van der Waals surface area contributed by atoms with Crippen LogP contribution in [0, 0.1) is 37.8 Å². The van der Waals surface area contributed by atoms with E-state index in [9.17, 15) is 18.5 Å². The second-order valence-corrected chi connectivity index (χ2v) is 6.58. The molecule has 2 aromatic rings. The van der Waals surface area contributed by atoms with Gasteiger partial charge in [-0.15, -0.1) is 0 Å². The van der Waals surface area contributed by atoms with E-state index in [1.54, 1.807) is 13.0 Å². The zero-order valence-corrected chi connectivity index (χ0v) is 12.9. The lowest BCUT2D eigenvalue weighted by Crippen LogP contribution is -2.18. The van der Waals surface area contributed by atoms with Gasteiger partial charge in [-0.25, -0.2) is 4.98 Å². The molecule has 0 unspecified atom stereocenters. The molecule has 21 heavy (non-hydrogen) atoms. The van der Waals surface area contributed by atoms with E-state index in [4.69, 9.17) is 0 Å². The average Bonchev–Trinajstić information content (AvgIpc) is 2.78. The molecule has 0 N–H and O–H groups in total. The molecule has 112 valence electrons. The summed E-state index contributed by atoms with van der Waals surface area (Å²) in [7, 11) is -4.06. The van der Waals surface area contributed by atoms with Crippen LogP contribution in [0.1, 0.15) is 22.5 Å². The van der Waals surface area contributed by atoms with Crippen molar-refractivity contribution in [2.24, 2.45) is 0 Å². The molecule has 0 fully saturated rings. The van der Waals surface area contributed by atoms with Crippen LogP contribution in [-0.2, 0) is 10.0 Å². The Hall–Kier alpha value is -2.22. The van der Waals surface area contributed by atoms with Crippen molar-refractivity contribution in [3.8, 4) is 0 Å². The minimum absolute atomic E-state index is 0.0507.